The van der Waals surface area contributed by atoms with Crippen molar-refractivity contribution in [2.24, 2.45) is 5.92 Å². The summed E-state index contributed by atoms with van der Waals surface area (Å²) in [6, 6.07) is 4.95. The maximum absolute atomic E-state index is 11.9. The summed E-state index contributed by atoms with van der Waals surface area (Å²) in [6.07, 6.45) is 28.7. The first-order chi connectivity index (χ1) is 18.1. The Morgan fingerprint density at radius 3 is 1.86 bits per heavy atom. The van der Waals surface area contributed by atoms with Gasteiger partial charge in [0.15, 0.2) is 11.5 Å². The van der Waals surface area contributed by atoms with Crippen molar-refractivity contribution in [3.05, 3.63) is 29.8 Å². The number of benzene rings is 1. The number of hydrogen-bond acceptors (Lipinski definition) is 4. The van der Waals surface area contributed by atoms with E-state index in [-0.39, 0.29) is 11.7 Å². The molecule has 0 amide bonds. The number of rotatable bonds is 24. The van der Waals surface area contributed by atoms with Crippen LogP contribution in [0.15, 0.2) is 24.3 Å². The van der Waals surface area contributed by atoms with Crippen LogP contribution in [-0.2, 0) is 9.53 Å². The van der Waals surface area contributed by atoms with Crippen LogP contribution in [0, 0.1) is 5.92 Å². The molecule has 0 unspecified atom stereocenters. The summed E-state index contributed by atoms with van der Waals surface area (Å²) in [5.41, 5.74) is 0.778. The highest BCUT2D eigenvalue weighted by molar-refractivity contribution is 5.87. The molecule has 0 aliphatic heterocycles. The fourth-order valence-corrected chi connectivity index (χ4v) is 4.79. The number of hydrogen-bond donors (Lipinski definition) is 1. The third-order valence-electron chi connectivity index (χ3n) is 7.25. The van der Waals surface area contributed by atoms with Gasteiger partial charge >= 0.3 is 5.97 Å². The van der Waals surface area contributed by atoms with Gasteiger partial charge in [-0.05, 0) is 36.1 Å². The van der Waals surface area contributed by atoms with E-state index in [1.165, 1.54) is 122 Å². The van der Waals surface area contributed by atoms with Gasteiger partial charge in [0.25, 0.3) is 0 Å². The molecule has 1 rings (SSSR count). The Morgan fingerprint density at radius 1 is 0.811 bits per heavy atom. The summed E-state index contributed by atoms with van der Waals surface area (Å²) in [6.45, 7) is 5.20. The highest BCUT2D eigenvalue weighted by Gasteiger charge is 2.03. The van der Waals surface area contributed by atoms with Gasteiger partial charge in [-0.1, -0.05) is 135 Å². The lowest BCUT2D eigenvalue weighted by Crippen LogP contribution is -2.02. The zero-order chi connectivity index (χ0) is 27.0. The molecular formula is C33H56O4. The van der Waals surface area contributed by atoms with Gasteiger partial charge in [0.2, 0.25) is 0 Å². The van der Waals surface area contributed by atoms with Crippen LogP contribution < -0.4 is 4.74 Å². The number of unbranched alkanes of at least 4 members (excludes halogenated alkanes) is 15. The lowest BCUT2D eigenvalue weighted by Gasteiger charge is -2.11. The zero-order valence-corrected chi connectivity index (χ0v) is 24.3. The smallest absolute Gasteiger partial charge is 0.330 e. The molecule has 0 fully saturated rings. The quantitative estimate of drug-likeness (QED) is 0.0843. The summed E-state index contributed by atoms with van der Waals surface area (Å²) in [5.74, 6) is 1.03. The van der Waals surface area contributed by atoms with E-state index >= 15 is 0 Å². The van der Waals surface area contributed by atoms with E-state index in [1.807, 2.05) is 0 Å². The second-order valence-corrected chi connectivity index (χ2v) is 10.8. The Labute approximate surface area is 228 Å². The van der Waals surface area contributed by atoms with Crippen molar-refractivity contribution < 1.29 is 19.4 Å². The van der Waals surface area contributed by atoms with Crippen LogP contribution in [0.4, 0.5) is 0 Å². The maximum atomic E-state index is 11.9. The van der Waals surface area contributed by atoms with Gasteiger partial charge in [0, 0.05) is 6.08 Å². The molecule has 1 N–H and O–H groups in total. The minimum atomic E-state index is -0.334. The van der Waals surface area contributed by atoms with E-state index < -0.39 is 0 Å². The summed E-state index contributed by atoms with van der Waals surface area (Å²) < 4.78 is 10.4. The minimum absolute atomic E-state index is 0.0800. The topological polar surface area (TPSA) is 55.8 Å². The largest absolute Gasteiger partial charge is 0.504 e. The van der Waals surface area contributed by atoms with Gasteiger partial charge in [0.1, 0.15) is 0 Å². The maximum Gasteiger partial charge on any atom is 0.330 e. The number of phenols is 1. The van der Waals surface area contributed by atoms with Crippen LogP contribution in [0.1, 0.15) is 141 Å². The third-order valence-corrected chi connectivity index (χ3v) is 7.25. The molecule has 0 spiro atoms. The number of ether oxygens (including phenoxy) is 2. The molecule has 1 atom stereocenters. The van der Waals surface area contributed by atoms with Crippen LogP contribution in [0.2, 0.25) is 0 Å². The van der Waals surface area contributed by atoms with Crippen LogP contribution in [0.3, 0.4) is 0 Å². The fourth-order valence-electron chi connectivity index (χ4n) is 4.79. The second kappa shape index (κ2) is 23.2. The van der Waals surface area contributed by atoms with Gasteiger partial charge in [-0.25, -0.2) is 4.79 Å². The predicted octanol–water partition coefficient (Wildman–Crippen LogP) is 10.0. The Bertz CT molecular complexity index is 712. The Balaban J connectivity index is 1.87. The van der Waals surface area contributed by atoms with Crippen molar-refractivity contribution >= 4 is 12.0 Å². The van der Waals surface area contributed by atoms with Crippen molar-refractivity contribution in [1.29, 1.82) is 0 Å². The first kappa shape index (κ1) is 33.1. The summed E-state index contributed by atoms with van der Waals surface area (Å²) >= 11 is 0. The summed E-state index contributed by atoms with van der Waals surface area (Å²) in [7, 11) is 1.50. The first-order valence-electron chi connectivity index (χ1n) is 15.3. The van der Waals surface area contributed by atoms with Crippen LogP contribution in [0.5, 0.6) is 11.5 Å². The number of aromatic hydroxyl groups is 1. The van der Waals surface area contributed by atoms with Crippen molar-refractivity contribution in [3.8, 4) is 11.5 Å². The molecule has 0 bridgehead atoms. The zero-order valence-electron chi connectivity index (χ0n) is 24.3. The van der Waals surface area contributed by atoms with Crippen LogP contribution in [-0.4, -0.2) is 24.8 Å². The molecule has 0 saturated heterocycles. The molecule has 0 aliphatic carbocycles. The number of methoxy groups -OCH3 is 1. The molecule has 212 valence electrons. The monoisotopic (exact) mass is 516 g/mol. The standard InChI is InChI=1S/C33H56O4/c1-4-5-6-7-8-12-15-18-21-29(2)22-19-16-13-10-9-11-14-17-20-27-37-33(35)26-24-30-23-25-31(34)32(28-30)36-3/h23-26,28-29,34H,4-22,27H2,1-3H3/t29-/m0/s1. The molecule has 4 nitrogen and oxygen atoms in total. The van der Waals surface area contributed by atoms with Gasteiger partial charge in [0.05, 0.1) is 13.7 Å². The van der Waals surface area contributed by atoms with Gasteiger partial charge < -0.3 is 14.6 Å². The number of carbonyl (C=O) groups is 1. The normalized spacial score (nSPS) is 12.2. The predicted molar refractivity (Wildman–Crippen MR) is 157 cm³/mol. The Hall–Kier alpha value is -1.97. The van der Waals surface area contributed by atoms with E-state index in [4.69, 9.17) is 9.47 Å². The average Bonchev–Trinajstić information content (AvgIpc) is 2.90. The Kier molecular flexibility index (Phi) is 20.7. The van der Waals surface area contributed by atoms with Crippen molar-refractivity contribution in [2.45, 2.75) is 136 Å². The Morgan fingerprint density at radius 2 is 1.32 bits per heavy atom. The highest BCUT2D eigenvalue weighted by atomic mass is 16.5. The number of phenolic OH excluding ortho intramolecular Hbond substituents is 1. The van der Waals surface area contributed by atoms with E-state index in [9.17, 15) is 9.90 Å². The lowest BCUT2D eigenvalue weighted by atomic mass is 9.95. The van der Waals surface area contributed by atoms with Gasteiger partial charge in [-0.3, -0.25) is 0 Å². The minimum Gasteiger partial charge on any atom is -0.504 e. The average molecular weight is 517 g/mol. The van der Waals surface area contributed by atoms with Gasteiger partial charge in [-0.15, -0.1) is 0 Å². The molecule has 37 heavy (non-hydrogen) atoms. The molecular weight excluding hydrogens is 460 g/mol. The fraction of sp³-hybridized carbons (Fsp3) is 0.727. The van der Waals surface area contributed by atoms with Crippen molar-refractivity contribution in [2.75, 3.05) is 13.7 Å². The SMILES string of the molecule is CCCCCCCCCC[C@H](C)CCCCCCCCCCCOC(=O)C=Cc1ccc(O)c(OC)c1. The van der Waals surface area contributed by atoms with Gasteiger partial charge in [-0.2, -0.15) is 0 Å². The second-order valence-electron chi connectivity index (χ2n) is 10.8. The van der Waals surface area contributed by atoms with E-state index in [0.29, 0.717) is 12.4 Å². The summed E-state index contributed by atoms with van der Waals surface area (Å²) in [4.78, 5) is 11.9. The van der Waals surface area contributed by atoms with Crippen molar-refractivity contribution in [3.63, 3.8) is 0 Å². The molecule has 0 radical (unpaired) electrons. The molecule has 0 aromatic heterocycles. The van der Waals surface area contributed by atoms with Crippen LogP contribution >= 0.6 is 0 Å². The third kappa shape index (κ3) is 18.9. The molecule has 0 aliphatic rings. The molecule has 0 heterocycles. The molecule has 0 saturated carbocycles. The highest BCUT2D eigenvalue weighted by Crippen LogP contribution is 2.26. The molecule has 4 heteroatoms. The first-order valence-corrected chi connectivity index (χ1v) is 15.3. The molecule has 1 aromatic rings. The van der Waals surface area contributed by atoms with E-state index in [2.05, 4.69) is 13.8 Å². The van der Waals surface area contributed by atoms with E-state index in [1.54, 1.807) is 24.3 Å². The van der Waals surface area contributed by atoms with Crippen molar-refractivity contribution in [1.82, 2.24) is 0 Å². The summed E-state index contributed by atoms with van der Waals surface area (Å²) in [5, 5.41) is 9.62. The van der Waals surface area contributed by atoms with Crippen LogP contribution in [0.25, 0.3) is 6.08 Å². The van der Waals surface area contributed by atoms with E-state index in [0.717, 1.165) is 24.3 Å². The number of esters is 1. The number of carbonyl (C=O) groups excluding carboxylic acids is 1. The molecule has 1 aromatic carbocycles. The lowest BCUT2D eigenvalue weighted by molar-refractivity contribution is -0.137.